The third-order valence-corrected chi connectivity index (χ3v) is 3.12. The summed E-state index contributed by atoms with van der Waals surface area (Å²) >= 11 is 3.37. The van der Waals surface area contributed by atoms with Crippen molar-refractivity contribution in [1.29, 1.82) is 0 Å². The van der Waals surface area contributed by atoms with Crippen molar-refractivity contribution in [2.75, 3.05) is 6.61 Å². The highest BCUT2D eigenvalue weighted by atomic mass is 79.9. The lowest BCUT2D eigenvalue weighted by molar-refractivity contribution is 0.0317. The first-order chi connectivity index (χ1) is 7.10. The molecule has 1 aliphatic heterocycles. The van der Waals surface area contributed by atoms with E-state index in [1.165, 1.54) is 0 Å². The number of ether oxygens (including phenoxy) is 1. The van der Waals surface area contributed by atoms with Gasteiger partial charge in [0.25, 0.3) is 0 Å². The number of halogens is 1. The number of hydrogen-bond acceptors (Lipinski definition) is 2. The summed E-state index contributed by atoms with van der Waals surface area (Å²) in [4.78, 5) is 0. The normalized spacial score (nSPS) is 19.3. The Bertz CT molecular complexity index is 379. The number of rotatable bonds is 2. The first-order valence-electron chi connectivity index (χ1n) is 4.92. The summed E-state index contributed by atoms with van der Waals surface area (Å²) in [5, 5.41) is 10.4. The second-order valence-corrected chi connectivity index (χ2v) is 4.70. The quantitative estimate of drug-likeness (QED) is 0.894. The van der Waals surface area contributed by atoms with Crippen LogP contribution >= 0.6 is 15.9 Å². The zero-order chi connectivity index (χ0) is 10.9. The van der Waals surface area contributed by atoms with Crippen LogP contribution in [-0.4, -0.2) is 11.7 Å². The maximum atomic E-state index is 10.4. The molecule has 0 saturated carbocycles. The molecule has 1 aromatic rings. The molecule has 2 nitrogen and oxygen atoms in total. The van der Waals surface area contributed by atoms with Crippen LogP contribution in [0, 0.1) is 0 Å². The Balaban J connectivity index is 2.32. The molecule has 1 unspecified atom stereocenters. The molecule has 0 fully saturated rings. The van der Waals surface area contributed by atoms with Gasteiger partial charge in [-0.1, -0.05) is 28.1 Å². The summed E-state index contributed by atoms with van der Waals surface area (Å²) in [5.41, 5.74) is -0.171. The van der Waals surface area contributed by atoms with E-state index in [-0.39, 0.29) is 0 Å². The molecule has 0 aliphatic carbocycles. The fourth-order valence-electron chi connectivity index (χ4n) is 1.67. The van der Waals surface area contributed by atoms with Gasteiger partial charge in [0.2, 0.25) is 0 Å². The van der Waals surface area contributed by atoms with Crippen LogP contribution in [0.3, 0.4) is 0 Å². The molecular formula is C12H13BrO2. The molecule has 0 radical (unpaired) electrons. The van der Waals surface area contributed by atoms with Gasteiger partial charge in [-0.05, 0) is 30.7 Å². The van der Waals surface area contributed by atoms with E-state index in [1.54, 1.807) is 6.92 Å². The average molecular weight is 269 g/mol. The molecule has 0 bridgehead atoms. The third kappa shape index (κ3) is 2.08. The zero-order valence-electron chi connectivity index (χ0n) is 8.53. The van der Waals surface area contributed by atoms with Gasteiger partial charge in [0, 0.05) is 10.9 Å². The molecule has 0 saturated heterocycles. The van der Waals surface area contributed by atoms with E-state index in [1.807, 2.05) is 30.3 Å². The van der Waals surface area contributed by atoms with Gasteiger partial charge < -0.3 is 9.84 Å². The third-order valence-electron chi connectivity index (χ3n) is 2.59. The lowest BCUT2D eigenvalue weighted by Gasteiger charge is -2.24. The predicted molar refractivity (Wildman–Crippen MR) is 62.4 cm³/mol. The van der Waals surface area contributed by atoms with E-state index >= 15 is 0 Å². The van der Waals surface area contributed by atoms with Crippen molar-refractivity contribution in [1.82, 2.24) is 0 Å². The van der Waals surface area contributed by atoms with Gasteiger partial charge in [0.05, 0.1) is 6.61 Å². The summed E-state index contributed by atoms with van der Waals surface area (Å²) in [6.07, 6.45) is 2.82. The fraction of sp³-hybridized carbons (Fsp3) is 0.333. The maximum absolute atomic E-state index is 10.4. The molecule has 0 aromatic heterocycles. The molecule has 1 aromatic carbocycles. The monoisotopic (exact) mass is 268 g/mol. The van der Waals surface area contributed by atoms with Gasteiger partial charge in [0.15, 0.2) is 0 Å². The molecule has 1 aliphatic rings. The van der Waals surface area contributed by atoms with Gasteiger partial charge in [0.1, 0.15) is 11.4 Å². The van der Waals surface area contributed by atoms with Crippen molar-refractivity contribution in [2.45, 2.75) is 18.9 Å². The maximum Gasteiger partial charge on any atom is 0.143 e. The Morgan fingerprint density at radius 2 is 2.00 bits per heavy atom. The molecule has 0 spiro atoms. The second-order valence-electron chi connectivity index (χ2n) is 3.78. The summed E-state index contributed by atoms with van der Waals surface area (Å²) < 4.78 is 6.40. The molecule has 80 valence electrons. The SMILES string of the molecule is CC(O)(C1=CCCO1)c1ccc(Br)cc1. The van der Waals surface area contributed by atoms with Crippen LogP contribution in [0.1, 0.15) is 18.9 Å². The van der Waals surface area contributed by atoms with E-state index in [9.17, 15) is 5.11 Å². The summed E-state index contributed by atoms with van der Waals surface area (Å²) in [5.74, 6) is 0.657. The van der Waals surface area contributed by atoms with Gasteiger partial charge in [-0.3, -0.25) is 0 Å². The Morgan fingerprint density at radius 1 is 1.33 bits per heavy atom. The molecule has 1 N–H and O–H groups in total. The summed E-state index contributed by atoms with van der Waals surface area (Å²) in [6.45, 7) is 2.43. The van der Waals surface area contributed by atoms with Crippen molar-refractivity contribution < 1.29 is 9.84 Å². The minimum Gasteiger partial charge on any atom is -0.495 e. The molecular weight excluding hydrogens is 256 g/mol. The largest absolute Gasteiger partial charge is 0.495 e. The van der Waals surface area contributed by atoms with E-state index < -0.39 is 5.60 Å². The number of benzene rings is 1. The highest BCUT2D eigenvalue weighted by Crippen LogP contribution is 2.33. The van der Waals surface area contributed by atoms with Crippen LogP contribution in [0.5, 0.6) is 0 Å². The van der Waals surface area contributed by atoms with Crippen molar-refractivity contribution in [3.63, 3.8) is 0 Å². The van der Waals surface area contributed by atoms with Crippen molar-refractivity contribution in [2.24, 2.45) is 0 Å². The number of hydrogen-bond donors (Lipinski definition) is 1. The molecule has 15 heavy (non-hydrogen) atoms. The smallest absolute Gasteiger partial charge is 0.143 e. The van der Waals surface area contributed by atoms with Crippen LogP contribution in [0.15, 0.2) is 40.6 Å². The Hall–Kier alpha value is -0.800. The molecule has 2 rings (SSSR count). The van der Waals surface area contributed by atoms with Gasteiger partial charge >= 0.3 is 0 Å². The zero-order valence-corrected chi connectivity index (χ0v) is 10.1. The molecule has 1 heterocycles. The van der Waals surface area contributed by atoms with Gasteiger partial charge in [-0.25, -0.2) is 0 Å². The van der Waals surface area contributed by atoms with E-state index in [2.05, 4.69) is 15.9 Å². The van der Waals surface area contributed by atoms with Crippen LogP contribution in [0.4, 0.5) is 0 Å². The fourth-order valence-corrected chi connectivity index (χ4v) is 1.94. The highest BCUT2D eigenvalue weighted by molar-refractivity contribution is 9.10. The van der Waals surface area contributed by atoms with Crippen molar-refractivity contribution in [3.8, 4) is 0 Å². The molecule has 1 atom stereocenters. The molecule has 3 heteroatoms. The van der Waals surface area contributed by atoms with Crippen molar-refractivity contribution >= 4 is 15.9 Å². The van der Waals surface area contributed by atoms with E-state index in [0.29, 0.717) is 12.4 Å². The average Bonchev–Trinajstić information content (AvgIpc) is 2.71. The minimum atomic E-state index is -1.02. The van der Waals surface area contributed by atoms with E-state index in [4.69, 9.17) is 4.74 Å². The number of aliphatic hydroxyl groups is 1. The van der Waals surface area contributed by atoms with Crippen LogP contribution in [0.2, 0.25) is 0 Å². The standard InChI is InChI=1S/C12H13BrO2/c1-12(14,11-3-2-8-15-11)9-4-6-10(13)7-5-9/h3-7,14H,2,8H2,1H3. The Labute approximate surface area is 97.7 Å². The molecule has 0 amide bonds. The van der Waals surface area contributed by atoms with E-state index in [0.717, 1.165) is 16.5 Å². The lowest BCUT2D eigenvalue weighted by Crippen LogP contribution is -2.24. The summed E-state index contributed by atoms with van der Waals surface area (Å²) in [6, 6.07) is 7.62. The van der Waals surface area contributed by atoms with Crippen LogP contribution < -0.4 is 0 Å². The second kappa shape index (κ2) is 3.99. The first-order valence-corrected chi connectivity index (χ1v) is 5.72. The summed E-state index contributed by atoms with van der Waals surface area (Å²) in [7, 11) is 0. The Morgan fingerprint density at radius 3 is 2.53 bits per heavy atom. The topological polar surface area (TPSA) is 29.5 Å². The van der Waals surface area contributed by atoms with Crippen molar-refractivity contribution in [3.05, 3.63) is 46.1 Å². The predicted octanol–water partition coefficient (Wildman–Crippen LogP) is 2.96. The minimum absolute atomic E-state index is 0.657. The Kier molecular flexibility index (Phi) is 2.85. The van der Waals surface area contributed by atoms with Crippen LogP contribution in [-0.2, 0) is 10.3 Å². The van der Waals surface area contributed by atoms with Gasteiger partial charge in [-0.2, -0.15) is 0 Å². The highest BCUT2D eigenvalue weighted by Gasteiger charge is 2.31. The lowest BCUT2D eigenvalue weighted by atomic mass is 9.94. The van der Waals surface area contributed by atoms with Crippen LogP contribution in [0.25, 0.3) is 0 Å². The van der Waals surface area contributed by atoms with Gasteiger partial charge in [-0.15, -0.1) is 0 Å². The first kappa shape index (κ1) is 10.7.